The Hall–Kier alpha value is -2.54. The van der Waals surface area contributed by atoms with Crippen LogP contribution in [0.1, 0.15) is 44.9 Å². The van der Waals surface area contributed by atoms with Crippen LogP contribution in [-0.2, 0) is 12.1 Å². The maximum absolute atomic E-state index is 10.6. The summed E-state index contributed by atoms with van der Waals surface area (Å²) < 4.78 is 5.32. The van der Waals surface area contributed by atoms with Crippen LogP contribution in [0.3, 0.4) is 0 Å². The number of nitrogens with one attached hydrogen (secondary N) is 2. The minimum absolute atomic E-state index is 0.289. The third-order valence-electron chi connectivity index (χ3n) is 5.33. The second kappa shape index (κ2) is 9.78. The number of rotatable bonds is 7. The van der Waals surface area contributed by atoms with Crippen LogP contribution in [0, 0.1) is 5.92 Å². The predicted octanol–water partition coefficient (Wildman–Crippen LogP) is 2.87. The van der Waals surface area contributed by atoms with Crippen molar-refractivity contribution in [1.82, 2.24) is 15.6 Å². The maximum Gasteiger partial charge on any atom is 0.191 e. The van der Waals surface area contributed by atoms with Gasteiger partial charge in [-0.1, -0.05) is 13.0 Å². The summed E-state index contributed by atoms with van der Waals surface area (Å²) in [6.07, 6.45) is 5.92. The van der Waals surface area contributed by atoms with Crippen molar-refractivity contribution in [3.05, 3.63) is 48.0 Å². The summed E-state index contributed by atoms with van der Waals surface area (Å²) in [6.45, 7) is 9.74. The van der Waals surface area contributed by atoms with Gasteiger partial charge in [-0.3, -0.25) is 0 Å². The largest absolute Gasteiger partial charge is 0.466 e. The predicted molar refractivity (Wildman–Crippen MR) is 116 cm³/mol. The minimum Gasteiger partial charge on any atom is -0.466 e. The van der Waals surface area contributed by atoms with E-state index in [9.17, 15) is 5.11 Å². The second-order valence-corrected chi connectivity index (χ2v) is 7.99. The standard InChI is InChI=1S/C22H33N5O2/c1-4-23-21(26-16-22(3,28)19-6-5-13-29-19)25-15-18-7-8-20(24-14-18)27-11-9-17(2)10-12-27/h5-8,13-14,17,28H,4,9-12,15-16H2,1-3H3,(H2,23,25,26). The molecule has 1 unspecified atom stereocenters. The lowest BCUT2D eigenvalue weighted by Crippen LogP contribution is -2.44. The molecule has 1 aliphatic rings. The quantitative estimate of drug-likeness (QED) is 0.490. The number of furan rings is 1. The van der Waals surface area contributed by atoms with Crippen LogP contribution in [0.4, 0.5) is 5.82 Å². The van der Waals surface area contributed by atoms with Crippen molar-refractivity contribution in [2.45, 2.75) is 45.8 Å². The van der Waals surface area contributed by atoms with Gasteiger partial charge in [-0.2, -0.15) is 0 Å². The molecule has 1 aliphatic heterocycles. The summed E-state index contributed by atoms with van der Waals surface area (Å²) in [4.78, 5) is 11.6. The van der Waals surface area contributed by atoms with Crippen molar-refractivity contribution in [3.63, 3.8) is 0 Å². The molecule has 2 aromatic rings. The molecule has 0 radical (unpaired) electrons. The summed E-state index contributed by atoms with van der Waals surface area (Å²) in [5.41, 5.74) is -0.0661. The van der Waals surface area contributed by atoms with E-state index in [2.05, 4.69) is 44.6 Å². The van der Waals surface area contributed by atoms with E-state index in [1.54, 1.807) is 25.3 Å². The summed E-state index contributed by atoms with van der Waals surface area (Å²) in [5, 5.41) is 17.0. The Balaban J connectivity index is 1.56. The number of piperidine rings is 1. The fourth-order valence-corrected chi connectivity index (χ4v) is 3.38. The average molecular weight is 400 g/mol. The molecule has 0 spiro atoms. The van der Waals surface area contributed by atoms with E-state index in [4.69, 9.17) is 4.42 Å². The van der Waals surface area contributed by atoms with Crippen molar-refractivity contribution < 1.29 is 9.52 Å². The number of aliphatic hydroxyl groups is 1. The van der Waals surface area contributed by atoms with Crippen LogP contribution in [0.25, 0.3) is 0 Å². The maximum atomic E-state index is 10.6. The number of anilines is 1. The van der Waals surface area contributed by atoms with E-state index < -0.39 is 5.60 Å². The molecule has 3 rings (SSSR count). The van der Waals surface area contributed by atoms with Crippen molar-refractivity contribution in [2.24, 2.45) is 10.9 Å². The number of pyridine rings is 1. The molecule has 1 saturated heterocycles. The van der Waals surface area contributed by atoms with Gasteiger partial charge in [0, 0.05) is 25.8 Å². The Morgan fingerprint density at radius 1 is 1.31 bits per heavy atom. The summed E-state index contributed by atoms with van der Waals surface area (Å²) in [5.74, 6) is 3.02. The van der Waals surface area contributed by atoms with E-state index in [0.717, 1.165) is 36.9 Å². The molecule has 0 saturated carbocycles. The zero-order valence-corrected chi connectivity index (χ0v) is 17.7. The van der Waals surface area contributed by atoms with E-state index in [0.29, 0.717) is 18.3 Å². The van der Waals surface area contributed by atoms with Crippen LogP contribution in [0.2, 0.25) is 0 Å². The van der Waals surface area contributed by atoms with Gasteiger partial charge in [0.2, 0.25) is 0 Å². The molecule has 2 aromatic heterocycles. The first-order valence-electron chi connectivity index (χ1n) is 10.5. The van der Waals surface area contributed by atoms with Gasteiger partial charge in [0.1, 0.15) is 17.2 Å². The number of guanidine groups is 1. The third kappa shape index (κ3) is 5.97. The summed E-state index contributed by atoms with van der Waals surface area (Å²) in [7, 11) is 0. The molecule has 29 heavy (non-hydrogen) atoms. The lowest BCUT2D eigenvalue weighted by Gasteiger charge is -2.31. The first kappa shape index (κ1) is 21.2. The molecule has 1 fully saturated rings. The number of nitrogens with zero attached hydrogens (tertiary/aromatic N) is 3. The van der Waals surface area contributed by atoms with Crippen molar-refractivity contribution in [2.75, 3.05) is 31.1 Å². The van der Waals surface area contributed by atoms with Crippen LogP contribution in [0.5, 0.6) is 0 Å². The number of aromatic nitrogens is 1. The zero-order chi connectivity index (χ0) is 20.7. The normalized spacial score (nSPS) is 17.8. The van der Waals surface area contributed by atoms with Gasteiger partial charge in [-0.15, -0.1) is 0 Å². The molecule has 3 N–H and O–H groups in total. The summed E-state index contributed by atoms with van der Waals surface area (Å²) >= 11 is 0. The van der Waals surface area contributed by atoms with Gasteiger partial charge in [-0.25, -0.2) is 9.98 Å². The molecule has 7 nitrogen and oxygen atoms in total. The highest BCUT2D eigenvalue weighted by Gasteiger charge is 2.26. The SMILES string of the molecule is CCNC(=NCc1ccc(N2CCC(C)CC2)nc1)NCC(C)(O)c1ccco1. The van der Waals surface area contributed by atoms with E-state index in [1.165, 1.54) is 12.8 Å². The lowest BCUT2D eigenvalue weighted by atomic mass is 9.99. The van der Waals surface area contributed by atoms with Gasteiger partial charge in [-0.05, 0) is 56.4 Å². The fraction of sp³-hybridized carbons (Fsp3) is 0.545. The molecule has 0 amide bonds. The molecule has 0 bridgehead atoms. The first-order valence-corrected chi connectivity index (χ1v) is 10.5. The highest BCUT2D eigenvalue weighted by Crippen LogP contribution is 2.21. The zero-order valence-electron chi connectivity index (χ0n) is 17.7. The molecule has 3 heterocycles. The fourth-order valence-electron chi connectivity index (χ4n) is 3.38. The van der Waals surface area contributed by atoms with Crippen LogP contribution < -0.4 is 15.5 Å². The monoisotopic (exact) mass is 399 g/mol. The Kier molecular flexibility index (Phi) is 7.14. The van der Waals surface area contributed by atoms with Gasteiger partial charge < -0.3 is 25.1 Å². The molecule has 0 aliphatic carbocycles. The molecule has 0 aromatic carbocycles. The summed E-state index contributed by atoms with van der Waals surface area (Å²) in [6, 6.07) is 7.71. The highest BCUT2D eigenvalue weighted by molar-refractivity contribution is 5.79. The Labute approximate surface area is 173 Å². The van der Waals surface area contributed by atoms with Gasteiger partial charge in [0.15, 0.2) is 5.96 Å². The minimum atomic E-state index is -1.12. The molecular weight excluding hydrogens is 366 g/mol. The molecule has 158 valence electrons. The molecule has 7 heteroatoms. The molecule has 1 atom stereocenters. The second-order valence-electron chi connectivity index (χ2n) is 7.99. The average Bonchev–Trinajstić information content (AvgIpc) is 3.27. The lowest BCUT2D eigenvalue weighted by molar-refractivity contribution is 0.0386. The van der Waals surface area contributed by atoms with Crippen molar-refractivity contribution >= 4 is 11.8 Å². The third-order valence-corrected chi connectivity index (χ3v) is 5.33. The van der Waals surface area contributed by atoms with Gasteiger partial charge >= 0.3 is 0 Å². The van der Waals surface area contributed by atoms with Gasteiger partial charge in [0.25, 0.3) is 0 Å². The highest BCUT2D eigenvalue weighted by atomic mass is 16.4. The van der Waals surface area contributed by atoms with Crippen molar-refractivity contribution in [1.29, 1.82) is 0 Å². The van der Waals surface area contributed by atoms with E-state index >= 15 is 0 Å². The van der Waals surface area contributed by atoms with E-state index in [1.807, 2.05) is 13.1 Å². The van der Waals surface area contributed by atoms with Crippen LogP contribution in [0.15, 0.2) is 46.1 Å². The Bertz CT molecular complexity index is 763. The number of aliphatic imine (C=N–C) groups is 1. The Morgan fingerprint density at radius 3 is 2.72 bits per heavy atom. The topological polar surface area (TPSA) is 85.9 Å². The van der Waals surface area contributed by atoms with Gasteiger partial charge in [0.05, 0.1) is 19.4 Å². The van der Waals surface area contributed by atoms with Crippen LogP contribution in [-0.4, -0.2) is 42.2 Å². The first-order chi connectivity index (χ1) is 14.0. The van der Waals surface area contributed by atoms with Crippen molar-refractivity contribution in [3.8, 4) is 0 Å². The molecular formula is C22H33N5O2. The van der Waals surface area contributed by atoms with E-state index in [-0.39, 0.29) is 6.54 Å². The van der Waals surface area contributed by atoms with Crippen LogP contribution >= 0.6 is 0 Å². The Morgan fingerprint density at radius 2 is 2.10 bits per heavy atom. The number of hydrogen-bond acceptors (Lipinski definition) is 5. The number of hydrogen-bond donors (Lipinski definition) is 3. The smallest absolute Gasteiger partial charge is 0.191 e.